The lowest BCUT2D eigenvalue weighted by Crippen LogP contribution is -2.14. The first-order chi connectivity index (χ1) is 45.4. The van der Waals surface area contributed by atoms with Crippen LogP contribution in [0.15, 0.2) is 290 Å². The molecule has 2 saturated carbocycles. The van der Waals surface area contributed by atoms with E-state index >= 15 is 0 Å². The molecule has 0 unspecified atom stereocenters. The smallest absolute Gasteiger partial charge is 0.0620 e. The van der Waals surface area contributed by atoms with Crippen LogP contribution < -0.4 is 9.80 Å². The van der Waals surface area contributed by atoms with Crippen molar-refractivity contribution in [3.63, 3.8) is 0 Å². The number of anilines is 6. The van der Waals surface area contributed by atoms with Gasteiger partial charge in [0.15, 0.2) is 0 Å². The second-order valence-electron chi connectivity index (χ2n) is 25.5. The van der Waals surface area contributed by atoms with E-state index in [9.17, 15) is 0 Å². The van der Waals surface area contributed by atoms with E-state index in [1.807, 2.05) is 0 Å². The lowest BCUT2D eigenvalue weighted by atomic mass is 9.91. The van der Waals surface area contributed by atoms with E-state index in [1.165, 1.54) is 141 Å². The van der Waals surface area contributed by atoms with Crippen LogP contribution in [0.25, 0.3) is 78.5 Å². The van der Waals surface area contributed by atoms with Crippen molar-refractivity contribution in [1.82, 2.24) is 0 Å². The monoisotopic (exact) mass is 1180 g/mol. The van der Waals surface area contributed by atoms with Crippen LogP contribution in [0.1, 0.15) is 120 Å². The van der Waals surface area contributed by atoms with E-state index in [2.05, 4.69) is 327 Å². The molecule has 0 bridgehead atoms. The summed E-state index contributed by atoms with van der Waals surface area (Å²) in [5.41, 5.74) is 24.3. The number of fused-ring (bicyclic) bond motifs is 4. The maximum Gasteiger partial charge on any atom is 0.0620 e. The van der Waals surface area contributed by atoms with Gasteiger partial charge in [0.1, 0.15) is 0 Å². The minimum Gasteiger partial charge on any atom is -0.309 e. The van der Waals surface area contributed by atoms with Crippen molar-refractivity contribution in [2.24, 2.45) is 0 Å². The van der Waals surface area contributed by atoms with Crippen LogP contribution in [0, 0.1) is 13.8 Å². The minimum absolute atomic E-state index is 1.07. The van der Waals surface area contributed by atoms with Crippen molar-refractivity contribution in [2.75, 3.05) is 9.80 Å². The van der Waals surface area contributed by atoms with E-state index in [0.717, 1.165) is 66.8 Å². The molecule has 0 aromatic heterocycles. The first kappa shape index (κ1) is 57.9. The number of allylic oxidation sites excluding steroid dienone is 2. The molecule has 2 heteroatoms. The second kappa shape index (κ2) is 26.1. The standard InChI is InChI=1S/C90H76N2/c1-63-31-43-71(44-32-63)83(72-45-33-64(2)34-46-72)57-69-39-51-81(52-40-69)91(79-27-11-5-12-28-79)89-85-59-75-23-15-17-25-77(75)61-87(85)90(88-62-78-26-18-16-24-76(78)60-86(88)89)92(80-29-13-6-14-30-80)82-53-41-70(42-54-82)58-84(73-47-35-67(36-48-73)55-65-19-7-3-8-20-65)74-49-37-68(38-50-74)56-66-21-9-4-10-22-66/h5-6,11-18,23-62H,3-4,7-10,19-22H2,1-2H3. The molecular weight excluding hydrogens is 1110 g/mol. The van der Waals surface area contributed by atoms with Gasteiger partial charge in [0.2, 0.25) is 0 Å². The van der Waals surface area contributed by atoms with Crippen LogP contribution in [-0.4, -0.2) is 0 Å². The Balaban J connectivity index is 0.902. The molecule has 0 N–H and O–H groups in total. The largest absolute Gasteiger partial charge is 0.309 e. The van der Waals surface area contributed by atoms with Gasteiger partial charge >= 0.3 is 0 Å². The van der Waals surface area contributed by atoms with Gasteiger partial charge in [-0.05, 0) is 227 Å². The molecular formula is C90H76N2. The lowest BCUT2D eigenvalue weighted by molar-refractivity contribution is 0.602. The fraction of sp³-hybridized carbons (Fsp3) is 0.133. The molecule has 92 heavy (non-hydrogen) atoms. The summed E-state index contributed by atoms with van der Waals surface area (Å²) >= 11 is 0. The van der Waals surface area contributed by atoms with Gasteiger partial charge in [0, 0.05) is 44.3 Å². The molecule has 0 atom stereocenters. The van der Waals surface area contributed by atoms with Gasteiger partial charge in [-0.15, -0.1) is 0 Å². The average molecular weight is 1190 g/mol. The van der Waals surface area contributed by atoms with Crippen LogP contribution in [0.2, 0.25) is 0 Å². The van der Waals surface area contributed by atoms with Gasteiger partial charge in [-0.3, -0.25) is 0 Å². The highest BCUT2D eigenvalue weighted by Gasteiger charge is 2.27. The number of nitrogens with zero attached hydrogens (tertiary/aromatic N) is 2. The van der Waals surface area contributed by atoms with E-state index in [1.54, 1.807) is 11.1 Å². The third-order valence-corrected chi connectivity index (χ3v) is 19.1. The summed E-state index contributed by atoms with van der Waals surface area (Å²) in [6, 6.07) is 104. The normalized spacial score (nSPS) is 13.3. The Kier molecular flexibility index (Phi) is 16.4. The molecule has 2 aliphatic rings. The second-order valence-corrected chi connectivity index (χ2v) is 25.5. The van der Waals surface area contributed by atoms with E-state index in [-0.39, 0.29) is 0 Å². The Hall–Kier alpha value is -10.5. The Labute approximate surface area is 543 Å². The molecule has 2 nitrogen and oxygen atoms in total. The Morgan fingerprint density at radius 2 is 0.543 bits per heavy atom. The van der Waals surface area contributed by atoms with Crippen LogP contribution >= 0.6 is 0 Å². The molecule has 446 valence electrons. The summed E-state index contributed by atoms with van der Waals surface area (Å²) in [6.07, 6.45) is 22.4. The maximum absolute atomic E-state index is 2.51. The summed E-state index contributed by atoms with van der Waals surface area (Å²) in [4.78, 5) is 5.01. The maximum atomic E-state index is 2.51. The predicted molar refractivity (Wildman–Crippen MR) is 397 cm³/mol. The zero-order chi connectivity index (χ0) is 61.7. The van der Waals surface area contributed by atoms with Gasteiger partial charge in [-0.2, -0.15) is 0 Å². The Bertz CT molecular complexity index is 4680. The molecule has 13 aromatic carbocycles. The summed E-state index contributed by atoms with van der Waals surface area (Å²) in [5.74, 6) is 0. The number of benzene rings is 13. The molecule has 0 aliphatic heterocycles. The SMILES string of the molecule is Cc1ccc(C(=Cc2ccc(N(c3ccccc3)c3c4cc5ccccc5cc4c(N(c4ccccc4)c4ccc(C=C(c5ccc(C=C6CCCCC6)cc5)c5ccc(C=C6CCCCC6)cc5)cc4)c4cc5ccccc5cc34)cc2)c2ccc(C)cc2)cc1. The van der Waals surface area contributed by atoms with Crippen LogP contribution in [0.4, 0.5) is 34.1 Å². The van der Waals surface area contributed by atoms with E-state index in [4.69, 9.17) is 0 Å². The lowest BCUT2D eigenvalue weighted by Gasteiger charge is -2.33. The molecule has 0 radical (unpaired) electrons. The molecule has 2 aliphatic carbocycles. The molecule has 0 amide bonds. The number of hydrogen-bond acceptors (Lipinski definition) is 2. The Morgan fingerprint density at radius 3 is 0.859 bits per heavy atom. The summed E-state index contributed by atoms with van der Waals surface area (Å²) in [6.45, 7) is 4.30. The van der Waals surface area contributed by atoms with Gasteiger partial charge < -0.3 is 9.80 Å². The van der Waals surface area contributed by atoms with Gasteiger partial charge in [0.05, 0.1) is 11.4 Å². The van der Waals surface area contributed by atoms with Crippen LogP contribution in [-0.2, 0) is 0 Å². The highest BCUT2D eigenvalue weighted by atomic mass is 15.2. The third-order valence-electron chi connectivity index (χ3n) is 19.1. The van der Waals surface area contributed by atoms with E-state index < -0.39 is 0 Å². The summed E-state index contributed by atoms with van der Waals surface area (Å²) < 4.78 is 0. The van der Waals surface area contributed by atoms with Gasteiger partial charge in [0.25, 0.3) is 0 Å². The van der Waals surface area contributed by atoms with Crippen molar-refractivity contribution >= 4 is 113 Å². The van der Waals surface area contributed by atoms with E-state index in [0.29, 0.717) is 0 Å². The highest BCUT2D eigenvalue weighted by molar-refractivity contribution is 6.27. The zero-order valence-electron chi connectivity index (χ0n) is 52.8. The molecule has 0 spiro atoms. The first-order valence-electron chi connectivity index (χ1n) is 33.3. The summed E-state index contributed by atoms with van der Waals surface area (Å²) in [7, 11) is 0. The van der Waals surface area contributed by atoms with Gasteiger partial charge in [-0.25, -0.2) is 0 Å². The van der Waals surface area contributed by atoms with Crippen molar-refractivity contribution < 1.29 is 0 Å². The number of para-hydroxylation sites is 2. The van der Waals surface area contributed by atoms with Crippen LogP contribution in [0.5, 0.6) is 0 Å². The summed E-state index contributed by atoms with van der Waals surface area (Å²) in [5, 5.41) is 9.36. The Morgan fingerprint density at radius 1 is 0.272 bits per heavy atom. The highest BCUT2D eigenvalue weighted by Crippen LogP contribution is 2.53. The molecule has 0 heterocycles. The fourth-order valence-corrected chi connectivity index (χ4v) is 14.2. The fourth-order valence-electron chi connectivity index (χ4n) is 14.2. The van der Waals surface area contributed by atoms with Crippen molar-refractivity contribution in [2.45, 2.75) is 78.1 Å². The zero-order valence-corrected chi connectivity index (χ0v) is 52.8. The molecule has 2 fully saturated rings. The topological polar surface area (TPSA) is 6.48 Å². The van der Waals surface area contributed by atoms with Crippen molar-refractivity contribution in [3.05, 3.63) is 346 Å². The quantitative estimate of drug-likeness (QED) is 0.0608. The van der Waals surface area contributed by atoms with Gasteiger partial charge in [-0.1, -0.05) is 254 Å². The number of aryl methyl sites for hydroxylation is 2. The first-order valence-corrected chi connectivity index (χ1v) is 33.3. The number of hydrogen-bond donors (Lipinski definition) is 0. The molecule has 15 rings (SSSR count). The van der Waals surface area contributed by atoms with Crippen molar-refractivity contribution in [3.8, 4) is 0 Å². The van der Waals surface area contributed by atoms with Crippen LogP contribution in [0.3, 0.4) is 0 Å². The van der Waals surface area contributed by atoms with Crippen molar-refractivity contribution in [1.29, 1.82) is 0 Å². The average Bonchev–Trinajstić information content (AvgIpc) is 0.748. The third kappa shape index (κ3) is 12.3. The predicted octanol–water partition coefficient (Wildman–Crippen LogP) is 25.7. The minimum atomic E-state index is 1.07. The molecule has 0 saturated heterocycles. The number of rotatable bonds is 14. The molecule has 13 aromatic rings.